The number of benzene rings is 1. The maximum atomic E-state index is 6.25. The van der Waals surface area contributed by atoms with Crippen LogP contribution >= 0.6 is 24.0 Å². The van der Waals surface area contributed by atoms with Gasteiger partial charge in [-0.2, -0.15) is 0 Å². The predicted molar refractivity (Wildman–Crippen MR) is 86.7 cm³/mol. The zero-order chi connectivity index (χ0) is 14.3. The van der Waals surface area contributed by atoms with Crippen molar-refractivity contribution in [1.82, 2.24) is 10.2 Å². The average molecular weight is 323 g/mol. The van der Waals surface area contributed by atoms with Crippen LogP contribution in [0.1, 0.15) is 12.5 Å². The first-order chi connectivity index (χ1) is 9.08. The Morgan fingerprint density at radius 1 is 1.25 bits per heavy atom. The van der Waals surface area contributed by atoms with Gasteiger partial charge in [-0.15, -0.1) is 12.4 Å². The van der Waals surface area contributed by atoms with Crippen LogP contribution in [0.15, 0.2) is 12.1 Å². The predicted octanol–water partition coefficient (Wildman–Crippen LogP) is 2.82. The van der Waals surface area contributed by atoms with E-state index < -0.39 is 0 Å². The number of halogens is 2. The van der Waals surface area contributed by atoms with E-state index in [1.165, 1.54) is 0 Å². The normalized spacial score (nSPS) is 10.3. The zero-order valence-electron chi connectivity index (χ0n) is 12.5. The van der Waals surface area contributed by atoms with Gasteiger partial charge < -0.3 is 19.7 Å². The van der Waals surface area contributed by atoms with Crippen LogP contribution in [0.4, 0.5) is 0 Å². The lowest BCUT2D eigenvalue weighted by atomic mass is 10.2. The lowest BCUT2D eigenvalue weighted by molar-refractivity contribution is 0.310. The molecule has 1 aromatic carbocycles. The van der Waals surface area contributed by atoms with Crippen LogP contribution in [0, 0.1) is 0 Å². The molecule has 0 aromatic heterocycles. The minimum absolute atomic E-state index is 0. The van der Waals surface area contributed by atoms with Gasteiger partial charge in [0.1, 0.15) is 0 Å². The molecule has 0 fully saturated rings. The van der Waals surface area contributed by atoms with E-state index >= 15 is 0 Å². The summed E-state index contributed by atoms with van der Waals surface area (Å²) >= 11 is 6.25. The second-order valence-electron chi connectivity index (χ2n) is 4.51. The van der Waals surface area contributed by atoms with Gasteiger partial charge in [0.2, 0.25) is 0 Å². The van der Waals surface area contributed by atoms with Crippen LogP contribution in [0.5, 0.6) is 11.5 Å². The molecule has 0 amide bonds. The Kier molecular flexibility index (Phi) is 9.76. The zero-order valence-corrected chi connectivity index (χ0v) is 14.1. The van der Waals surface area contributed by atoms with Crippen molar-refractivity contribution in [1.29, 1.82) is 0 Å². The highest BCUT2D eigenvalue weighted by Gasteiger charge is 2.10. The fraction of sp³-hybridized carbons (Fsp3) is 0.571. The van der Waals surface area contributed by atoms with Gasteiger partial charge in [-0.25, -0.2) is 0 Å². The highest BCUT2D eigenvalue weighted by Crippen LogP contribution is 2.33. The van der Waals surface area contributed by atoms with Crippen molar-refractivity contribution in [2.75, 3.05) is 40.9 Å². The minimum atomic E-state index is 0. The largest absolute Gasteiger partial charge is 0.493 e. The molecule has 0 radical (unpaired) electrons. The van der Waals surface area contributed by atoms with Crippen molar-refractivity contribution in [3.8, 4) is 11.5 Å². The third-order valence-electron chi connectivity index (χ3n) is 2.68. The van der Waals surface area contributed by atoms with E-state index in [2.05, 4.69) is 24.3 Å². The summed E-state index contributed by atoms with van der Waals surface area (Å²) in [6.07, 6.45) is 0. The Morgan fingerprint density at radius 2 is 1.95 bits per heavy atom. The molecule has 20 heavy (non-hydrogen) atoms. The number of nitrogens with zero attached hydrogens (tertiary/aromatic N) is 1. The molecule has 0 unspecified atom stereocenters. The van der Waals surface area contributed by atoms with Gasteiger partial charge in [0, 0.05) is 30.7 Å². The number of rotatable bonds is 8. The summed E-state index contributed by atoms with van der Waals surface area (Å²) in [6, 6.07) is 3.74. The van der Waals surface area contributed by atoms with E-state index in [0.29, 0.717) is 17.4 Å². The Morgan fingerprint density at radius 3 is 2.50 bits per heavy atom. The van der Waals surface area contributed by atoms with E-state index in [9.17, 15) is 0 Å². The standard InChI is InChI=1S/C14H23ClN2O2.ClH/c1-5-19-14-9-12(15)11(8-13(14)18-4)10-16-6-7-17(2)3;/h8-9,16H,5-7,10H2,1-4H3;1H. The molecule has 0 aliphatic carbocycles. The number of ether oxygens (including phenoxy) is 2. The lowest BCUT2D eigenvalue weighted by Gasteiger charge is -2.14. The van der Waals surface area contributed by atoms with Crippen LogP contribution in [-0.2, 0) is 6.54 Å². The quantitative estimate of drug-likeness (QED) is 0.746. The number of methoxy groups -OCH3 is 1. The van der Waals surface area contributed by atoms with E-state index in [-0.39, 0.29) is 12.4 Å². The summed E-state index contributed by atoms with van der Waals surface area (Å²) in [6.45, 7) is 5.15. The fourth-order valence-corrected chi connectivity index (χ4v) is 1.89. The molecule has 6 heteroatoms. The monoisotopic (exact) mass is 322 g/mol. The molecule has 0 saturated carbocycles. The first kappa shape index (κ1) is 19.3. The van der Waals surface area contributed by atoms with E-state index in [1.54, 1.807) is 7.11 Å². The molecule has 4 nitrogen and oxygen atoms in total. The van der Waals surface area contributed by atoms with Crippen molar-refractivity contribution in [2.45, 2.75) is 13.5 Å². The third-order valence-corrected chi connectivity index (χ3v) is 3.04. The molecule has 0 bridgehead atoms. The average Bonchev–Trinajstić information content (AvgIpc) is 2.36. The SMILES string of the molecule is CCOc1cc(Cl)c(CNCCN(C)C)cc1OC.Cl. The molecule has 0 aliphatic rings. The summed E-state index contributed by atoms with van der Waals surface area (Å²) < 4.78 is 10.8. The van der Waals surface area contributed by atoms with E-state index in [0.717, 1.165) is 30.9 Å². The molecule has 1 rings (SSSR count). The third kappa shape index (κ3) is 6.18. The molecule has 0 atom stereocenters. The number of nitrogens with one attached hydrogen (secondary N) is 1. The van der Waals surface area contributed by atoms with Crippen molar-refractivity contribution < 1.29 is 9.47 Å². The van der Waals surface area contributed by atoms with Crippen molar-refractivity contribution in [2.24, 2.45) is 0 Å². The molecule has 0 heterocycles. The Hall–Kier alpha value is -0.680. The van der Waals surface area contributed by atoms with Crippen molar-refractivity contribution in [3.05, 3.63) is 22.7 Å². The summed E-state index contributed by atoms with van der Waals surface area (Å²) in [4.78, 5) is 2.13. The highest BCUT2D eigenvalue weighted by molar-refractivity contribution is 6.31. The first-order valence-electron chi connectivity index (χ1n) is 6.43. The van der Waals surface area contributed by atoms with Gasteiger partial charge in [-0.3, -0.25) is 0 Å². The maximum absolute atomic E-state index is 6.25. The van der Waals surface area contributed by atoms with E-state index in [4.69, 9.17) is 21.1 Å². The van der Waals surface area contributed by atoms with Gasteiger partial charge in [0.05, 0.1) is 13.7 Å². The summed E-state index contributed by atoms with van der Waals surface area (Å²) in [5.74, 6) is 1.41. The molecular weight excluding hydrogens is 299 g/mol. The van der Waals surface area contributed by atoms with Crippen LogP contribution in [0.3, 0.4) is 0 Å². The number of likely N-dealkylation sites (N-methyl/N-ethyl adjacent to an activating group) is 1. The molecule has 0 aliphatic heterocycles. The maximum Gasteiger partial charge on any atom is 0.162 e. The summed E-state index contributed by atoms with van der Waals surface area (Å²) in [5, 5.41) is 4.05. The molecule has 1 N–H and O–H groups in total. The highest BCUT2D eigenvalue weighted by atomic mass is 35.5. The van der Waals surface area contributed by atoms with Crippen LogP contribution in [-0.4, -0.2) is 45.8 Å². The van der Waals surface area contributed by atoms with Crippen LogP contribution in [0.2, 0.25) is 5.02 Å². The lowest BCUT2D eigenvalue weighted by Crippen LogP contribution is -2.26. The Balaban J connectivity index is 0.00000361. The van der Waals surface area contributed by atoms with Crippen molar-refractivity contribution >= 4 is 24.0 Å². The van der Waals surface area contributed by atoms with Gasteiger partial charge in [-0.1, -0.05) is 11.6 Å². The smallest absolute Gasteiger partial charge is 0.162 e. The van der Waals surface area contributed by atoms with Gasteiger partial charge in [0.15, 0.2) is 11.5 Å². The topological polar surface area (TPSA) is 33.7 Å². The van der Waals surface area contributed by atoms with Gasteiger partial charge in [0.25, 0.3) is 0 Å². The molecule has 0 saturated heterocycles. The number of hydrogen-bond acceptors (Lipinski definition) is 4. The summed E-state index contributed by atoms with van der Waals surface area (Å²) in [5.41, 5.74) is 1.01. The first-order valence-corrected chi connectivity index (χ1v) is 6.81. The molecule has 1 aromatic rings. The Labute approximate surface area is 132 Å². The van der Waals surface area contributed by atoms with Crippen LogP contribution in [0.25, 0.3) is 0 Å². The van der Waals surface area contributed by atoms with Gasteiger partial charge >= 0.3 is 0 Å². The van der Waals surface area contributed by atoms with Crippen molar-refractivity contribution in [3.63, 3.8) is 0 Å². The Bertz CT molecular complexity index is 401. The van der Waals surface area contributed by atoms with Crippen LogP contribution < -0.4 is 14.8 Å². The second-order valence-corrected chi connectivity index (χ2v) is 4.91. The molecular formula is C14H24Cl2N2O2. The molecule has 116 valence electrons. The molecule has 0 spiro atoms. The van der Waals surface area contributed by atoms with E-state index in [1.807, 2.05) is 19.1 Å². The fourth-order valence-electron chi connectivity index (χ4n) is 1.67. The number of hydrogen-bond donors (Lipinski definition) is 1. The van der Waals surface area contributed by atoms with Gasteiger partial charge in [-0.05, 0) is 32.6 Å². The second kappa shape index (κ2) is 10.1. The minimum Gasteiger partial charge on any atom is -0.493 e. The summed E-state index contributed by atoms with van der Waals surface area (Å²) in [7, 11) is 5.73.